The molecule has 0 saturated carbocycles. The molecular formula is C21H36O8. The minimum absolute atomic E-state index is 0.158. The fourth-order valence-corrected chi connectivity index (χ4v) is 4.26. The van der Waals surface area contributed by atoms with E-state index in [2.05, 4.69) is 0 Å². The summed E-state index contributed by atoms with van der Waals surface area (Å²) in [5.41, 5.74) is -8.34. The molecule has 0 aliphatic carbocycles. The van der Waals surface area contributed by atoms with E-state index in [0.717, 1.165) is 0 Å². The second-order valence-corrected chi connectivity index (χ2v) is 7.70. The first-order valence-electron chi connectivity index (χ1n) is 10.5. The number of aliphatic carboxylic acids is 3. The second kappa shape index (κ2) is 11.3. The van der Waals surface area contributed by atoms with Crippen molar-refractivity contribution in [2.75, 3.05) is 0 Å². The largest absolute Gasteiger partial charge is 0.481 e. The molecule has 2 unspecified atom stereocenters. The molecule has 0 fully saturated rings. The predicted octanol–water partition coefficient (Wildman–Crippen LogP) is 3.49. The molecule has 0 spiro atoms. The number of carbonyl (C=O) groups is 4. The zero-order valence-electron chi connectivity index (χ0n) is 18.0. The van der Waals surface area contributed by atoms with Gasteiger partial charge in [-0.1, -0.05) is 66.2 Å². The Hall–Kier alpha value is -1.96. The Balaban J connectivity index is 7.27. The van der Waals surface area contributed by atoms with Gasteiger partial charge in [-0.15, -0.1) is 0 Å². The highest BCUT2D eigenvalue weighted by atomic mass is 16.4. The van der Waals surface area contributed by atoms with E-state index in [1.165, 1.54) is 6.92 Å². The third-order valence-corrected chi connectivity index (χ3v) is 6.01. The molecule has 0 rings (SSSR count). The zero-order chi connectivity index (χ0) is 22.9. The summed E-state index contributed by atoms with van der Waals surface area (Å²) >= 11 is 0. The van der Waals surface area contributed by atoms with Crippen molar-refractivity contribution >= 4 is 23.7 Å². The Morgan fingerprint density at radius 2 is 1.07 bits per heavy atom. The summed E-state index contributed by atoms with van der Waals surface area (Å²) in [4.78, 5) is 50.4. The lowest BCUT2D eigenvalue weighted by atomic mass is 9.51. The van der Waals surface area contributed by atoms with E-state index >= 15 is 0 Å². The van der Waals surface area contributed by atoms with Crippen LogP contribution in [0.1, 0.15) is 91.9 Å². The van der Waals surface area contributed by atoms with E-state index < -0.39 is 46.5 Å². The van der Waals surface area contributed by atoms with E-state index in [4.69, 9.17) is 0 Å². The maximum Gasteiger partial charge on any atom is 0.338 e. The summed E-state index contributed by atoms with van der Waals surface area (Å²) in [5.74, 6) is -6.33. The van der Waals surface area contributed by atoms with Crippen LogP contribution in [0.25, 0.3) is 0 Å². The molecule has 0 aliphatic heterocycles. The molecule has 4 N–H and O–H groups in total. The van der Waals surface area contributed by atoms with Crippen molar-refractivity contribution in [2.45, 2.75) is 97.5 Å². The number of Topliss-reactive ketones (excluding diaryl/α,β-unsaturated/α-hetero) is 1. The third kappa shape index (κ3) is 4.63. The second-order valence-electron chi connectivity index (χ2n) is 7.70. The highest BCUT2D eigenvalue weighted by Crippen LogP contribution is 2.54. The number of carboxylic acid groups (broad SMARTS) is 3. The number of hydrogen-bond donors (Lipinski definition) is 4. The maximum atomic E-state index is 13.0. The molecule has 0 aliphatic rings. The number of ketones is 1. The van der Waals surface area contributed by atoms with Crippen molar-refractivity contribution in [2.24, 2.45) is 10.8 Å². The highest BCUT2D eigenvalue weighted by molar-refractivity contribution is 6.10. The Labute approximate surface area is 172 Å². The van der Waals surface area contributed by atoms with E-state index in [1.807, 2.05) is 0 Å². The fourth-order valence-electron chi connectivity index (χ4n) is 4.26. The number of unbranched alkanes of at least 4 members (excludes halogenated alkanes) is 3. The van der Waals surface area contributed by atoms with Crippen LogP contribution >= 0.6 is 0 Å². The van der Waals surface area contributed by atoms with Crippen molar-refractivity contribution < 1.29 is 39.6 Å². The highest BCUT2D eigenvalue weighted by Gasteiger charge is 2.74. The van der Waals surface area contributed by atoms with Crippen molar-refractivity contribution in [3.05, 3.63) is 0 Å². The molecule has 8 heteroatoms. The minimum Gasteiger partial charge on any atom is -0.481 e. The van der Waals surface area contributed by atoms with Gasteiger partial charge in [-0.25, -0.2) is 4.79 Å². The summed E-state index contributed by atoms with van der Waals surface area (Å²) in [7, 11) is 0. The van der Waals surface area contributed by atoms with Gasteiger partial charge in [-0.2, -0.15) is 0 Å². The SMILES string of the molecule is CCCCC(CCCC)(C(=O)O)C(O)(C(=O)O)C(CCCC)(C(=O)O)C(=O)CC. The van der Waals surface area contributed by atoms with Crippen LogP contribution in [0.5, 0.6) is 0 Å². The van der Waals surface area contributed by atoms with Gasteiger partial charge in [0, 0.05) is 6.42 Å². The van der Waals surface area contributed by atoms with Gasteiger partial charge in [-0.05, 0) is 19.3 Å². The monoisotopic (exact) mass is 416 g/mol. The molecule has 0 saturated heterocycles. The molecule has 0 aromatic carbocycles. The molecule has 0 aromatic heterocycles. The van der Waals surface area contributed by atoms with E-state index in [-0.39, 0.29) is 38.5 Å². The molecule has 0 heterocycles. The number of carboxylic acids is 3. The van der Waals surface area contributed by atoms with Crippen LogP contribution in [0, 0.1) is 10.8 Å². The number of carbonyl (C=O) groups excluding carboxylic acids is 1. The Morgan fingerprint density at radius 3 is 1.34 bits per heavy atom. The number of rotatable bonds is 16. The lowest BCUT2D eigenvalue weighted by Crippen LogP contribution is -2.72. The lowest BCUT2D eigenvalue weighted by molar-refractivity contribution is -0.224. The van der Waals surface area contributed by atoms with E-state index in [1.54, 1.807) is 20.8 Å². The summed E-state index contributed by atoms with van der Waals surface area (Å²) in [5, 5.41) is 42.0. The average molecular weight is 417 g/mol. The molecule has 2 atom stereocenters. The van der Waals surface area contributed by atoms with Gasteiger partial charge in [0.05, 0.1) is 0 Å². The molecular weight excluding hydrogens is 380 g/mol. The molecule has 0 radical (unpaired) electrons. The van der Waals surface area contributed by atoms with Gasteiger partial charge in [0.2, 0.25) is 5.60 Å². The normalized spacial score (nSPS) is 15.9. The topological polar surface area (TPSA) is 149 Å². The predicted molar refractivity (Wildman–Crippen MR) is 107 cm³/mol. The van der Waals surface area contributed by atoms with Gasteiger partial charge >= 0.3 is 17.9 Å². The fraction of sp³-hybridized carbons (Fsp3) is 0.810. The standard InChI is InChI=1S/C21H36O8/c1-5-9-12-19(16(23)24,13-10-6-2)21(29,18(27)28)20(17(25)26,14-11-7-3)15(22)8-4/h29H,5-14H2,1-4H3,(H,23,24)(H,25,26)(H,27,28). The van der Waals surface area contributed by atoms with Crippen LogP contribution in [0.15, 0.2) is 0 Å². The number of aliphatic hydroxyl groups is 1. The molecule has 168 valence electrons. The molecule has 0 aromatic rings. The van der Waals surface area contributed by atoms with E-state index in [0.29, 0.717) is 19.3 Å². The molecule has 0 bridgehead atoms. The number of hydrogen-bond acceptors (Lipinski definition) is 5. The average Bonchev–Trinajstić information content (AvgIpc) is 2.67. The van der Waals surface area contributed by atoms with Gasteiger partial charge in [0.25, 0.3) is 0 Å². The first kappa shape index (κ1) is 27.0. The molecule has 8 nitrogen and oxygen atoms in total. The Morgan fingerprint density at radius 1 is 0.655 bits per heavy atom. The Kier molecular flexibility index (Phi) is 10.5. The molecule has 0 amide bonds. The Bertz CT molecular complexity index is 591. The van der Waals surface area contributed by atoms with Crippen molar-refractivity contribution in [1.29, 1.82) is 0 Å². The van der Waals surface area contributed by atoms with Gasteiger partial charge in [-0.3, -0.25) is 14.4 Å². The first-order valence-corrected chi connectivity index (χ1v) is 10.5. The van der Waals surface area contributed by atoms with Crippen LogP contribution in [-0.2, 0) is 19.2 Å². The zero-order valence-corrected chi connectivity index (χ0v) is 18.0. The van der Waals surface area contributed by atoms with Gasteiger partial charge < -0.3 is 20.4 Å². The lowest BCUT2D eigenvalue weighted by Gasteiger charge is -2.50. The van der Waals surface area contributed by atoms with E-state index in [9.17, 15) is 39.6 Å². The summed E-state index contributed by atoms with van der Waals surface area (Å²) in [6, 6.07) is 0. The van der Waals surface area contributed by atoms with Crippen LogP contribution in [-0.4, -0.2) is 49.7 Å². The maximum absolute atomic E-state index is 13.0. The summed E-state index contributed by atoms with van der Waals surface area (Å²) < 4.78 is 0. The van der Waals surface area contributed by atoms with Crippen LogP contribution < -0.4 is 0 Å². The smallest absolute Gasteiger partial charge is 0.338 e. The first-order chi connectivity index (χ1) is 13.5. The van der Waals surface area contributed by atoms with Crippen LogP contribution in [0.3, 0.4) is 0 Å². The summed E-state index contributed by atoms with van der Waals surface area (Å²) in [6.45, 7) is 6.69. The van der Waals surface area contributed by atoms with Crippen molar-refractivity contribution in [3.8, 4) is 0 Å². The van der Waals surface area contributed by atoms with Crippen LogP contribution in [0.2, 0.25) is 0 Å². The van der Waals surface area contributed by atoms with Crippen molar-refractivity contribution in [3.63, 3.8) is 0 Å². The quantitative estimate of drug-likeness (QED) is 0.279. The third-order valence-electron chi connectivity index (χ3n) is 6.01. The summed E-state index contributed by atoms with van der Waals surface area (Å²) in [6.07, 6.45) is 0.951. The minimum atomic E-state index is -3.29. The molecule has 29 heavy (non-hydrogen) atoms. The van der Waals surface area contributed by atoms with Crippen molar-refractivity contribution in [1.82, 2.24) is 0 Å². The van der Waals surface area contributed by atoms with Crippen LogP contribution in [0.4, 0.5) is 0 Å². The van der Waals surface area contributed by atoms with Gasteiger partial charge in [0.1, 0.15) is 5.41 Å². The van der Waals surface area contributed by atoms with Gasteiger partial charge in [0.15, 0.2) is 11.2 Å².